The molecule has 0 aliphatic heterocycles. The molecular formula is C11H16. The summed E-state index contributed by atoms with van der Waals surface area (Å²) in [5, 5.41) is 0. The molecule has 0 bridgehead atoms. The van der Waals surface area contributed by atoms with Gasteiger partial charge in [-0.1, -0.05) is 19.1 Å². The van der Waals surface area contributed by atoms with Crippen molar-refractivity contribution < 1.29 is 0 Å². The normalized spacial score (nSPS) is 53.9. The fourth-order valence-electron chi connectivity index (χ4n) is 3.24. The third kappa shape index (κ3) is 0.617. The van der Waals surface area contributed by atoms with E-state index >= 15 is 0 Å². The summed E-state index contributed by atoms with van der Waals surface area (Å²) in [7, 11) is 0. The average Bonchev–Trinajstić information content (AvgIpc) is 2.82. The predicted octanol–water partition coefficient (Wildman–Crippen LogP) is 3.14. The first-order valence-corrected chi connectivity index (χ1v) is 4.95. The standard InChI is InChI=1S/C11H16/c1-10(9-4-5-9)8-11(10)6-2-3-7-11/h2,6,9H,3-5,7-8H2,1H3. The predicted molar refractivity (Wildman–Crippen MR) is 46.3 cm³/mol. The lowest BCUT2D eigenvalue weighted by Gasteiger charge is -2.14. The van der Waals surface area contributed by atoms with Gasteiger partial charge >= 0.3 is 0 Å². The van der Waals surface area contributed by atoms with Crippen LogP contribution in [0, 0.1) is 16.7 Å². The molecule has 0 aromatic carbocycles. The minimum Gasteiger partial charge on any atom is -0.0879 e. The van der Waals surface area contributed by atoms with E-state index in [-0.39, 0.29) is 0 Å². The summed E-state index contributed by atoms with van der Waals surface area (Å²) < 4.78 is 0. The van der Waals surface area contributed by atoms with Crippen LogP contribution in [0.1, 0.15) is 39.0 Å². The van der Waals surface area contributed by atoms with Gasteiger partial charge in [0.15, 0.2) is 0 Å². The van der Waals surface area contributed by atoms with E-state index in [1.807, 2.05) is 0 Å². The molecule has 0 aromatic heterocycles. The second-order valence-corrected chi connectivity index (χ2v) is 4.97. The smallest absolute Gasteiger partial charge is 0.00530 e. The summed E-state index contributed by atoms with van der Waals surface area (Å²) in [5.74, 6) is 1.10. The topological polar surface area (TPSA) is 0 Å². The quantitative estimate of drug-likeness (QED) is 0.501. The first kappa shape index (κ1) is 6.28. The van der Waals surface area contributed by atoms with E-state index in [4.69, 9.17) is 0 Å². The highest BCUT2D eigenvalue weighted by molar-refractivity contribution is 5.28. The van der Waals surface area contributed by atoms with Crippen LogP contribution < -0.4 is 0 Å². The van der Waals surface area contributed by atoms with E-state index in [9.17, 15) is 0 Å². The molecule has 3 aliphatic carbocycles. The molecule has 60 valence electrons. The van der Waals surface area contributed by atoms with Crippen molar-refractivity contribution in [1.29, 1.82) is 0 Å². The summed E-state index contributed by atoms with van der Waals surface area (Å²) in [6, 6.07) is 0. The van der Waals surface area contributed by atoms with Crippen molar-refractivity contribution in [3.05, 3.63) is 12.2 Å². The van der Waals surface area contributed by atoms with Crippen LogP contribution in [-0.2, 0) is 0 Å². The molecule has 0 aromatic rings. The molecule has 0 amide bonds. The average molecular weight is 148 g/mol. The van der Waals surface area contributed by atoms with Crippen LogP contribution in [0.25, 0.3) is 0 Å². The van der Waals surface area contributed by atoms with E-state index in [2.05, 4.69) is 19.1 Å². The van der Waals surface area contributed by atoms with Crippen molar-refractivity contribution in [2.45, 2.75) is 39.0 Å². The van der Waals surface area contributed by atoms with Crippen molar-refractivity contribution in [3.63, 3.8) is 0 Å². The van der Waals surface area contributed by atoms with E-state index < -0.39 is 0 Å². The zero-order valence-corrected chi connectivity index (χ0v) is 7.27. The van der Waals surface area contributed by atoms with Crippen molar-refractivity contribution in [1.82, 2.24) is 0 Å². The molecule has 2 fully saturated rings. The molecule has 2 unspecified atom stereocenters. The highest BCUT2D eigenvalue weighted by Gasteiger charge is 2.68. The maximum Gasteiger partial charge on any atom is -0.00530 e. The van der Waals surface area contributed by atoms with Gasteiger partial charge in [-0.15, -0.1) is 0 Å². The molecule has 3 rings (SSSR count). The second kappa shape index (κ2) is 1.57. The van der Waals surface area contributed by atoms with Crippen LogP contribution in [0.3, 0.4) is 0 Å². The zero-order valence-electron chi connectivity index (χ0n) is 7.27. The summed E-state index contributed by atoms with van der Waals surface area (Å²) in [6.45, 7) is 2.51. The summed E-state index contributed by atoms with van der Waals surface area (Å²) >= 11 is 0. The summed E-state index contributed by atoms with van der Waals surface area (Å²) in [5.41, 5.74) is 1.45. The fourth-order valence-corrected chi connectivity index (χ4v) is 3.24. The third-order valence-electron chi connectivity index (χ3n) is 4.37. The molecule has 0 N–H and O–H groups in total. The minimum atomic E-state index is 0.703. The Balaban J connectivity index is 1.88. The van der Waals surface area contributed by atoms with Gasteiger partial charge in [-0.05, 0) is 48.9 Å². The molecule has 0 heterocycles. The Morgan fingerprint density at radius 3 is 2.73 bits per heavy atom. The molecule has 0 saturated heterocycles. The van der Waals surface area contributed by atoms with Crippen LogP contribution in [0.2, 0.25) is 0 Å². The Bertz CT molecular complexity index is 224. The number of rotatable bonds is 1. The first-order valence-electron chi connectivity index (χ1n) is 4.95. The van der Waals surface area contributed by atoms with Gasteiger partial charge < -0.3 is 0 Å². The van der Waals surface area contributed by atoms with Gasteiger partial charge in [-0.3, -0.25) is 0 Å². The van der Waals surface area contributed by atoms with Gasteiger partial charge in [0, 0.05) is 0 Å². The number of allylic oxidation sites excluding steroid dienone is 2. The summed E-state index contributed by atoms with van der Waals surface area (Å²) in [6.07, 6.45) is 12.3. The Hall–Kier alpha value is -0.260. The maximum atomic E-state index is 2.52. The van der Waals surface area contributed by atoms with E-state index in [1.165, 1.54) is 32.1 Å². The van der Waals surface area contributed by atoms with Crippen molar-refractivity contribution in [3.8, 4) is 0 Å². The van der Waals surface area contributed by atoms with Crippen LogP contribution in [-0.4, -0.2) is 0 Å². The van der Waals surface area contributed by atoms with Crippen LogP contribution in [0.4, 0.5) is 0 Å². The first-order chi connectivity index (χ1) is 5.27. The minimum absolute atomic E-state index is 0.703. The second-order valence-electron chi connectivity index (χ2n) is 4.97. The molecule has 0 nitrogen and oxygen atoms in total. The van der Waals surface area contributed by atoms with E-state index in [1.54, 1.807) is 0 Å². The molecule has 11 heavy (non-hydrogen) atoms. The monoisotopic (exact) mass is 148 g/mol. The fraction of sp³-hybridized carbons (Fsp3) is 0.818. The highest BCUT2D eigenvalue weighted by atomic mass is 14.7. The lowest BCUT2D eigenvalue weighted by Crippen LogP contribution is -2.08. The Morgan fingerprint density at radius 2 is 2.18 bits per heavy atom. The lowest BCUT2D eigenvalue weighted by molar-refractivity contribution is 0.373. The highest BCUT2D eigenvalue weighted by Crippen LogP contribution is 2.76. The van der Waals surface area contributed by atoms with Crippen molar-refractivity contribution >= 4 is 0 Å². The number of hydrogen-bond acceptors (Lipinski definition) is 0. The maximum absolute atomic E-state index is 2.52. The molecule has 1 spiro atoms. The van der Waals surface area contributed by atoms with Gasteiger partial charge in [-0.2, -0.15) is 0 Å². The Kier molecular flexibility index (Phi) is 0.898. The van der Waals surface area contributed by atoms with Crippen molar-refractivity contribution in [2.75, 3.05) is 0 Å². The van der Waals surface area contributed by atoms with Crippen LogP contribution in [0.5, 0.6) is 0 Å². The number of hydrogen-bond donors (Lipinski definition) is 0. The van der Waals surface area contributed by atoms with Gasteiger partial charge in [0.05, 0.1) is 0 Å². The SMILES string of the molecule is CC1(C2CC2)CC12C=CCC2. The lowest BCUT2D eigenvalue weighted by atomic mass is 9.89. The summed E-state index contributed by atoms with van der Waals surface area (Å²) in [4.78, 5) is 0. The molecule has 3 aliphatic rings. The zero-order chi connectivity index (χ0) is 7.53. The van der Waals surface area contributed by atoms with Gasteiger partial charge in [-0.25, -0.2) is 0 Å². The largest absolute Gasteiger partial charge is 0.0879 e. The van der Waals surface area contributed by atoms with Gasteiger partial charge in [0.2, 0.25) is 0 Å². The van der Waals surface area contributed by atoms with Gasteiger partial charge in [0.25, 0.3) is 0 Å². The molecule has 0 heteroatoms. The molecule has 0 radical (unpaired) electrons. The third-order valence-corrected chi connectivity index (χ3v) is 4.37. The van der Waals surface area contributed by atoms with Crippen LogP contribution in [0.15, 0.2) is 12.2 Å². The van der Waals surface area contributed by atoms with Gasteiger partial charge in [0.1, 0.15) is 0 Å². The van der Waals surface area contributed by atoms with E-state index in [0.29, 0.717) is 5.41 Å². The Morgan fingerprint density at radius 1 is 1.36 bits per heavy atom. The Labute approximate surface area is 68.7 Å². The van der Waals surface area contributed by atoms with Crippen molar-refractivity contribution in [2.24, 2.45) is 16.7 Å². The van der Waals surface area contributed by atoms with E-state index in [0.717, 1.165) is 11.3 Å². The molecular weight excluding hydrogens is 132 g/mol. The molecule has 2 atom stereocenters. The van der Waals surface area contributed by atoms with Crippen LogP contribution >= 0.6 is 0 Å². The molecule has 2 saturated carbocycles.